The van der Waals surface area contributed by atoms with Crippen LogP contribution in [0.5, 0.6) is 5.75 Å². The van der Waals surface area contributed by atoms with Crippen LogP contribution >= 0.6 is 11.6 Å². The van der Waals surface area contributed by atoms with Crippen LogP contribution in [0.1, 0.15) is 31.9 Å². The number of nitrogens with zero attached hydrogens (tertiary/aromatic N) is 1. The summed E-state index contributed by atoms with van der Waals surface area (Å²) >= 11 is 6.11. The van der Waals surface area contributed by atoms with Gasteiger partial charge in [0.15, 0.2) is 6.10 Å². The second-order valence-electron chi connectivity index (χ2n) is 4.64. The lowest BCUT2D eigenvalue weighted by molar-refractivity contribution is -0.137. The summed E-state index contributed by atoms with van der Waals surface area (Å²) in [6.45, 7) is 11.0. The highest BCUT2D eigenvalue weighted by Gasteiger charge is 2.20. The van der Waals surface area contributed by atoms with E-state index in [1.807, 2.05) is 39.8 Å². The molecule has 0 unspecified atom stereocenters. The Morgan fingerprint density at radius 2 is 1.74 bits per heavy atom. The first kappa shape index (κ1) is 15.8. The van der Waals surface area contributed by atoms with Crippen molar-refractivity contribution in [3.63, 3.8) is 0 Å². The van der Waals surface area contributed by atoms with Gasteiger partial charge in [-0.15, -0.1) is 0 Å². The molecule has 0 N–H and O–H groups in total. The molecule has 0 fully saturated rings. The Morgan fingerprint density at radius 3 is 2.16 bits per heavy atom. The van der Waals surface area contributed by atoms with Crippen molar-refractivity contribution in [1.29, 1.82) is 0 Å². The molecule has 1 atom stereocenters. The molecule has 0 saturated heterocycles. The number of carbonyl (C=O) groups excluding carboxylic acids is 1. The summed E-state index contributed by atoms with van der Waals surface area (Å²) in [7, 11) is 0. The number of benzene rings is 1. The Morgan fingerprint density at radius 1 is 1.26 bits per heavy atom. The van der Waals surface area contributed by atoms with Crippen LogP contribution in [-0.2, 0) is 4.79 Å². The Hall–Kier alpha value is -1.22. The normalized spacial score (nSPS) is 12.1. The highest BCUT2D eigenvalue weighted by Crippen LogP contribution is 2.26. The molecule has 106 valence electrons. The molecular weight excluding hydrogens is 262 g/mol. The van der Waals surface area contributed by atoms with Crippen LogP contribution in [0.25, 0.3) is 0 Å². The van der Waals surface area contributed by atoms with Gasteiger partial charge in [0.25, 0.3) is 5.91 Å². The first-order valence-corrected chi connectivity index (χ1v) is 7.00. The molecule has 0 spiro atoms. The van der Waals surface area contributed by atoms with Crippen LogP contribution in [0.4, 0.5) is 0 Å². The Balaban J connectivity index is 2.82. The maximum atomic E-state index is 12.1. The summed E-state index contributed by atoms with van der Waals surface area (Å²) in [4.78, 5) is 13.9. The van der Waals surface area contributed by atoms with Gasteiger partial charge >= 0.3 is 0 Å². The second kappa shape index (κ2) is 6.80. The highest BCUT2D eigenvalue weighted by molar-refractivity contribution is 6.32. The van der Waals surface area contributed by atoms with E-state index in [-0.39, 0.29) is 5.91 Å². The van der Waals surface area contributed by atoms with Gasteiger partial charge in [0.05, 0.1) is 0 Å². The van der Waals surface area contributed by atoms with E-state index in [0.717, 1.165) is 16.1 Å². The summed E-state index contributed by atoms with van der Waals surface area (Å²) in [5.74, 6) is 0.697. The van der Waals surface area contributed by atoms with Crippen molar-refractivity contribution in [1.82, 2.24) is 4.90 Å². The molecule has 19 heavy (non-hydrogen) atoms. The average molecular weight is 284 g/mol. The standard InChI is InChI=1S/C15H22ClNO2/c1-6-17(7-2)15(18)12(5)19-13-8-10(3)14(16)11(4)9-13/h8-9,12H,6-7H2,1-5H3/t12-/m0/s1. The summed E-state index contributed by atoms with van der Waals surface area (Å²) < 4.78 is 5.73. The molecule has 0 aliphatic carbocycles. The fourth-order valence-corrected chi connectivity index (χ4v) is 2.13. The fraction of sp³-hybridized carbons (Fsp3) is 0.533. The first-order chi connectivity index (χ1) is 8.90. The van der Waals surface area contributed by atoms with E-state index >= 15 is 0 Å². The molecule has 1 rings (SSSR count). The SMILES string of the molecule is CCN(CC)C(=O)[C@H](C)Oc1cc(C)c(Cl)c(C)c1. The van der Waals surface area contributed by atoms with Crippen LogP contribution in [-0.4, -0.2) is 30.0 Å². The monoisotopic (exact) mass is 283 g/mol. The minimum atomic E-state index is -0.486. The lowest BCUT2D eigenvalue weighted by Crippen LogP contribution is -2.40. The molecule has 0 aliphatic heterocycles. The Kier molecular flexibility index (Phi) is 5.67. The maximum absolute atomic E-state index is 12.1. The molecule has 1 aromatic carbocycles. The predicted octanol–water partition coefficient (Wildman–Crippen LogP) is 3.59. The molecule has 1 amide bonds. The molecule has 4 heteroatoms. The van der Waals surface area contributed by atoms with Crippen LogP contribution in [0.3, 0.4) is 0 Å². The molecule has 0 aliphatic rings. The summed E-state index contributed by atoms with van der Waals surface area (Å²) in [6, 6.07) is 3.72. The second-order valence-corrected chi connectivity index (χ2v) is 5.02. The number of ether oxygens (including phenoxy) is 1. The van der Waals surface area contributed by atoms with Crippen molar-refractivity contribution in [2.45, 2.75) is 40.7 Å². The van der Waals surface area contributed by atoms with Gasteiger partial charge in [-0.05, 0) is 57.9 Å². The van der Waals surface area contributed by atoms with Gasteiger partial charge in [-0.1, -0.05) is 11.6 Å². The van der Waals surface area contributed by atoms with Gasteiger partial charge in [-0.25, -0.2) is 0 Å². The van der Waals surface area contributed by atoms with Crippen molar-refractivity contribution >= 4 is 17.5 Å². The zero-order chi connectivity index (χ0) is 14.6. The van der Waals surface area contributed by atoms with E-state index in [4.69, 9.17) is 16.3 Å². The van der Waals surface area contributed by atoms with E-state index in [0.29, 0.717) is 18.8 Å². The molecule has 0 saturated carbocycles. The van der Waals surface area contributed by atoms with Crippen LogP contribution in [0.15, 0.2) is 12.1 Å². The Labute approximate surface area is 120 Å². The molecule has 0 aromatic heterocycles. The smallest absolute Gasteiger partial charge is 0.263 e. The number of halogens is 1. The molecular formula is C15H22ClNO2. The van der Waals surface area contributed by atoms with Crippen molar-refractivity contribution in [2.75, 3.05) is 13.1 Å². The zero-order valence-electron chi connectivity index (χ0n) is 12.3. The third kappa shape index (κ3) is 3.87. The third-order valence-electron chi connectivity index (χ3n) is 3.15. The largest absolute Gasteiger partial charge is 0.481 e. The molecule has 0 bridgehead atoms. The maximum Gasteiger partial charge on any atom is 0.263 e. The fourth-order valence-electron chi connectivity index (χ4n) is 2.02. The number of rotatable bonds is 5. The number of hydrogen-bond donors (Lipinski definition) is 0. The van der Waals surface area contributed by atoms with E-state index in [2.05, 4.69) is 0 Å². The quantitative estimate of drug-likeness (QED) is 0.826. The van der Waals surface area contributed by atoms with E-state index in [9.17, 15) is 4.79 Å². The van der Waals surface area contributed by atoms with E-state index in [1.54, 1.807) is 11.8 Å². The molecule has 1 aromatic rings. The van der Waals surface area contributed by atoms with E-state index < -0.39 is 6.10 Å². The van der Waals surface area contributed by atoms with E-state index in [1.165, 1.54) is 0 Å². The minimum Gasteiger partial charge on any atom is -0.481 e. The van der Waals surface area contributed by atoms with Gasteiger partial charge in [0.1, 0.15) is 5.75 Å². The lowest BCUT2D eigenvalue weighted by Gasteiger charge is -2.23. The number of carbonyl (C=O) groups is 1. The highest BCUT2D eigenvalue weighted by atomic mass is 35.5. The first-order valence-electron chi connectivity index (χ1n) is 6.62. The van der Waals surface area contributed by atoms with Crippen LogP contribution in [0, 0.1) is 13.8 Å². The average Bonchev–Trinajstić information content (AvgIpc) is 2.37. The van der Waals surface area contributed by atoms with Gasteiger partial charge < -0.3 is 9.64 Å². The van der Waals surface area contributed by atoms with Gasteiger partial charge in [0, 0.05) is 18.1 Å². The van der Waals surface area contributed by atoms with Gasteiger partial charge in [0.2, 0.25) is 0 Å². The lowest BCUT2D eigenvalue weighted by atomic mass is 10.1. The third-order valence-corrected chi connectivity index (χ3v) is 3.74. The summed E-state index contributed by atoms with van der Waals surface area (Å²) in [5, 5.41) is 0.745. The van der Waals surface area contributed by atoms with Crippen molar-refractivity contribution in [3.05, 3.63) is 28.3 Å². The van der Waals surface area contributed by atoms with Crippen molar-refractivity contribution < 1.29 is 9.53 Å². The Bertz CT molecular complexity index is 432. The molecule has 0 heterocycles. The van der Waals surface area contributed by atoms with Crippen LogP contribution < -0.4 is 4.74 Å². The summed E-state index contributed by atoms with van der Waals surface area (Å²) in [6.07, 6.45) is -0.486. The summed E-state index contributed by atoms with van der Waals surface area (Å²) in [5.41, 5.74) is 1.92. The van der Waals surface area contributed by atoms with Crippen molar-refractivity contribution in [3.8, 4) is 5.75 Å². The minimum absolute atomic E-state index is 0.00950. The topological polar surface area (TPSA) is 29.5 Å². The number of aryl methyl sites for hydroxylation is 2. The number of hydrogen-bond acceptors (Lipinski definition) is 2. The van der Waals surface area contributed by atoms with Crippen molar-refractivity contribution in [2.24, 2.45) is 0 Å². The molecule has 0 radical (unpaired) electrons. The predicted molar refractivity (Wildman–Crippen MR) is 78.9 cm³/mol. The molecule has 3 nitrogen and oxygen atoms in total. The van der Waals surface area contributed by atoms with Gasteiger partial charge in [-0.2, -0.15) is 0 Å². The van der Waals surface area contributed by atoms with Gasteiger partial charge in [-0.3, -0.25) is 4.79 Å². The van der Waals surface area contributed by atoms with Crippen LogP contribution in [0.2, 0.25) is 5.02 Å². The number of likely N-dealkylation sites (N-methyl/N-ethyl adjacent to an activating group) is 1. The number of amides is 1. The zero-order valence-corrected chi connectivity index (χ0v) is 13.0.